The van der Waals surface area contributed by atoms with Crippen LogP contribution in [0.1, 0.15) is 32.1 Å². The predicted molar refractivity (Wildman–Crippen MR) is 36.8 cm³/mol. The zero-order chi connectivity index (χ0) is 8.32. The normalized spacial score (nSPS) is 22.7. The molecule has 1 fully saturated rings. The summed E-state index contributed by atoms with van der Waals surface area (Å²) in [4.78, 5) is 14.3. The van der Waals surface area contributed by atoms with Crippen LogP contribution in [0, 0.1) is 0 Å². The first-order chi connectivity index (χ1) is 5.19. The van der Waals surface area contributed by atoms with Crippen molar-refractivity contribution in [2.75, 3.05) is 0 Å². The van der Waals surface area contributed by atoms with Crippen LogP contribution in [0.3, 0.4) is 0 Å². The Morgan fingerprint density at radius 2 is 1.82 bits per heavy atom. The van der Waals surface area contributed by atoms with Gasteiger partial charge in [0.1, 0.15) is 0 Å². The van der Waals surface area contributed by atoms with E-state index in [4.69, 9.17) is 5.26 Å². The van der Waals surface area contributed by atoms with Crippen LogP contribution in [0.25, 0.3) is 0 Å². The highest BCUT2D eigenvalue weighted by Gasteiger charge is 2.39. The molecule has 0 bridgehead atoms. The Labute approximate surface area is 64.7 Å². The van der Waals surface area contributed by atoms with Crippen molar-refractivity contribution in [3.8, 4) is 0 Å². The maximum atomic E-state index is 10.8. The second-order valence-electron chi connectivity index (χ2n) is 2.97. The van der Waals surface area contributed by atoms with Gasteiger partial charge in [-0.1, -0.05) is 6.42 Å². The molecule has 0 radical (unpaired) electrons. The van der Waals surface area contributed by atoms with Gasteiger partial charge in [0.25, 0.3) is 0 Å². The number of carbonyl (C=O) groups is 1. The minimum Gasteiger partial charge on any atom is -0.378 e. The summed E-state index contributed by atoms with van der Waals surface area (Å²) >= 11 is 0. The SMILES string of the molecule is O=C(OO)C1(O)CCCCC1. The summed E-state index contributed by atoms with van der Waals surface area (Å²) in [6.07, 6.45) is 3.44. The molecule has 4 nitrogen and oxygen atoms in total. The molecular formula is C7H12O4. The van der Waals surface area contributed by atoms with Crippen LogP contribution in [0.2, 0.25) is 0 Å². The number of aliphatic hydroxyl groups is 1. The van der Waals surface area contributed by atoms with Crippen molar-refractivity contribution < 1.29 is 20.0 Å². The first-order valence-electron chi connectivity index (χ1n) is 3.77. The van der Waals surface area contributed by atoms with Gasteiger partial charge in [-0.05, 0) is 25.7 Å². The van der Waals surface area contributed by atoms with Crippen molar-refractivity contribution >= 4 is 5.97 Å². The lowest BCUT2D eigenvalue weighted by atomic mass is 9.85. The highest BCUT2D eigenvalue weighted by molar-refractivity contribution is 5.78. The molecule has 0 unspecified atom stereocenters. The lowest BCUT2D eigenvalue weighted by Gasteiger charge is -2.27. The number of carbonyl (C=O) groups excluding carboxylic acids is 1. The standard InChI is InChI=1S/C7H12O4/c8-6(11-10)7(9)4-2-1-3-5-7/h9-10H,1-5H2. The molecule has 1 rings (SSSR count). The van der Waals surface area contributed by atoms with Gasteiger partial charge in [0.15, 0.2) is 5.60 Å². The Morgan fingerprint density at radius 3 is 2.27 bits per heavy atom. The Bertz CT molecular complexity index is 149. The second-order valence-corrected chi connectivity index (χ2v) is 2.97. The molecule has 11 heavy (non-hydrogen) atoms. The fourth-order valence-electron chi connectivity index (χ4n) is 1.43. The van der Waals surface area contributed by atoms with Crippen LogP contribution in [0.15, 0.2) is 0 Å². The van der Waals surface area contributed by atoms with Crippen molar-refractivity contribution in [1.29, 1.82) is 0 Å². The fraction of sp³-hybridized carbons (Fsp3) is 0.857. The molecule has 0 amide bonds. The van der Waals surface area contributed by atoms with Gasteiger partial charge in [-0.25, -0.2) is 4.79 Å². The third kappa shape index (κ3) is 1.70. The highest BCUT2D eigenvalue weighted by Crippen LogP contribution is 2.28. The monoisotopic (exact) mass is 160 g/mol. The van der Waals surface area contributed by atoms with Crippen LogP contribution < -0.4 is 0 Å². The van der Waals surface area contributed by atoms with Crippen LogP contribution in [0.5, 0.6) is 0 Å². The maximum absolute atomic E-state index is 10.8. The van der Waals surface area contributed by atoms with Crippen molar-refractivity contribution in [2.24, 2.45) is 0 Å². The van der Waals surface area contributed by atoms with E-state index in [0.29, 0.717) is 12.8 Å². The van der Waals surface area contributed by atoms with E-state index in [1.165, 1.54) is 0 Å². The van der Waals surface area contributed by atoms with Gasteiger partial charge in [0.05, 0.1) is 0 Å². The quantitative estimate of drug-likeness (QED) is 0.437. The Kier molecular flexibility index (Phi) is 2.46. The van der Waals surface area contributed by atoms with E-state index in [2.05, 4.69) is 4.89 Å². The molecule has 0 aromatic heterocycles. The lowest BCUT2D eigenvalue weighted by Crippen LogP contribution is -2.41. The molecule has 0 atom stereocenters. The average molecular weight is 160 g/mol. The molecule has 0 heterocycles. The second kappa shape index (κ2) is 3.19. The zero-order valence-corrected chi connectivity index (χ0v) is 6.25. The number of rotatable bonds is 1. The smallest absolute Gasteiger partial charge is 0.373 e. The number of hydrogen-bond donors (Lipinski definition) is 2. The van der Waals surface area contributed by atoms with Crippen LogP contribution >= 0.6 is 0 Å². The van der Waals surface area contributed by atoms with Crippen LogP contribution in [-0.2, 0) is 9.68 Å². The molecule has 0 aliphatic heterocycles. The van der Waals surface area contributed by atoms with Crippen molar-refractivity contribution in [3.05, 3.63) is 0 Å². The molecule has 0 spiro atoms. The number of hydrogen-bond acceptors (Lipinski definition) is 4. The van der Waals surface area contributed by atoms with Gasteiger partial charge in [-0.15, -0.1) is 0 Å². The fourth-order valence-corrected chi connectivity index (χ4v) is 1.43. The van der Waals surface area contributed by atoms with Crippen molar-refractivity contribution in [2.45, 2.75) is 37.7 Å². The van der Waals surface area contributed by atoms with E-state index < -0.39 is 11.6 Å². The zero-order valence-electron chi connectivity index (χ0n) is 6.25. The molecule has 0 saturated heterocycles. The van der Waals surface area contributed by atoms with Crippen LogP contribution in [-0.4, -0.2) is 21.9 Å². The minimum atomic E-state index is -1.42. The topological polar surface area (TPSA) is 66.8 Å². The molecule has 4 heteroatoms. The van der Waals surface area contributed by atoms with Gasteiger partial charge in [0.2, 0.25) is 0 Å². The largest absolute Gasteiger partial charge is 0.378 e. The summed E-state index contributed by atoms with van der Waals surface area (Å²) in [6, 6.07) is 0. The summed E-state index contributed by atoms with van der Waals surface area (Å²) in [5.74, 6) is -0.919. The molecular weight excluding hydrogens is 148 g/mol. The summed E-state index contributed by atoms with van der Waals surface area (Å²) in [7, 11) is 0. The van der Waals surface area contributed by atoms with Crippen LogP contribution in [0.4, 0.5) is 0 Å². The van der Waals surface area contributed by atoms with E-state index in [1.54, 1.807) is 0 Å². The Morgan fingerprint density at radius 1 is 1.27 bits per heavy atom. The van der Waals surface area contributed by atoms with Gasteiger partial charge >= 0.3 is 5.97 Å². The minimum absolute atomic E-state index is 0.395. The molecule has 1 aliphatic carbocycles. The molecule has 0 aromatic rings. The molecule has 1 saturated carbocycles. The van der Waals surface area contributed by atoms with E-state index in [9.17, 15) is 9.90 Å². The third-order valence-corrected chi connectivity index (χ3v) is 2.14. The predicted octanol–water partition coefficient (Wildman–Crippen LogP) is 0.698. The highest BCUT2D eigenvalue weighted by atomic mass is 17.1. The molecule has 0 aromatic carbocycles. The van der Waals surface area contributed by atoms with Gasteiger partial charge < -0.3 is 5.11 Å². The Balaban J connectivity index is 2.56. The summed E-state index contributed by atoms with van der Waals surface area (Å²) in [5.41, 5.74) is -1.42. The molecule has 2 N–H and O–H groups in total. The molecule has 1 aliphatic rings. The van der Waals surface area contributed by atoms with E-state index in [-0.39, 0.29) is 0 Å². The van der Waals surface area contributed by atoms with Gasteiger partial charge in [-0.2, -0.15) is 5.26 Å². The van der Waals surface area contributed by atoms with E-state index >= 15 is 0 Å². The van der Waals surface area contributed by atoms with Crippen molar-refractivity contribution in [3.63, 3.8) is 0 Å². The van der Waals surface area contributed by atoms with Gasteiger partial charge in [0, 0.05) is 0 Å². The summed E-state index contributed by atoms with van der Waals surface area (Å²) < 4.78 is 0. The van der Waals surface area contributed by atoms with Crippen molar-refractivity contribution in [1.82, 2.24) is 0 Å². The first kappa shape index (κ1) is 8.49. The van der Waals surface area contributed by atoms with Gasteiger partial charge in [-0.3, -0.25) is 4.89 Å². The summed E-state index contributed by atoms with van der Waals surface area (Å²) in [6.45, 7) is 0. The Hall–Kier alpha value is -0.610. The molecule has 64 valence electrons. The van der Waals surface area contributed by atoms with E-state index in [0.717, 1.165) is 19.3 Å². The lowest BCUT2D eigenvalue weighted by molar-refractivity contribution is -0.253. The maximum Gasteiger partial charge on any atom is 0.373 e. The van der Waals surface area contributed by atoms with E-state index in [1.807, 2.05) is 0 Å². The summed E-state index contributed by atoms with van der Waals surface area (Å²) in [5, 5.41) is 17.5. The average Bonchev–Trinajstić information content (AvgIpc) is 2.04. The third-order valence-electron chi connectivity index (χ3n) is 2.14. The first-order valence-corrected chi connectivity index (χ1v) is 3.77.